The second kappa shape index (κ2) is 3.44. The summed E-state index contributed by atoms with van der Waals surface area (Å²) in [4.78, 5) is 2.17. The first-order valence-corrected chi connectivity index (χ1v) is 5.71. The Morgan fingerprint density at radius 1 is 1.31 bits per heavy atom. The fraction of sp³-hybridized carbons (Fsp3) is 0.385. The molecule has 1 aromatic carbocycles. The van der Waals surface area contributed by atoms with Crippen molar-refractivity contribution in [2.24, 2.45) is 0 Å². The number of anilines is 1. The van der Waals surface area contributed by atoms with Gasteiger partial charge in [-0.05, 0) is 37.5 Å². The van der Waals surface area contributed by atoms with Gasteiger partial charge < -0.3 is 14.4 Å². The summed E-state index contributed by atoms with van der Waals surface area (Å²) in [5.74, 6) is 1.28. The SMILES string of the molecule is CN1CCCCc2c1oc1ccc(O)cc21. The van der Waals surface area contributed by atoms with Gasteiger partial charge in [-0.15, -0.1) is 0 Å². The Kier molecular flexibility index (Phi) is 2.06. The van der Waals surface area contributed by atoms with E-state index < -0.39 is 0 Å². The average Bonchev–Trinajstić information content (AvgIpc) is 2.52. The van der Waals surface area contributed by atoms with Gasteiger partial charge in [0, 0.05) is 24.5 Å². The van der Waals surface area contributed by atoms with Crippen molar-refractivity contribution in [1.82, 2.24) is 0 Å². The standard InChI is InChI=1S/C13H15NO2/c1-14-7-3-2-4-10-11-8-9(15)5-6-12(11)16-13(10)14/h5-6,8,15H,2-4,7H2,1H3. The van der Waals surface area contributed by atoms with E-state index in [0.717, 1.165) is 29.8 Å². The van der Waals surface area contributed by atoms with Crippen molar-refractivity contribution < 1.29 is 9.52 Å². The third-order valence-electron chi connectivity index (χ3n) is 3.27. The Hall–Kier alpha value is -1.64. The average molecular weight is 217 g/mol. The van der Waals surface area contributed by atoms with Crippen LogP contribution < -0.4 is 4.90 Å². The summed E-state index contributed by atoms with van der Waals surface area (Å²) >= 11 is 0. The van der Waals surface area contributed by atoms with Crippen LogP contribution in [0.5, 0.6) is 5.75 Å². The fourth-order valence-corrected chi connectivity index (χ4v) is 2.43. The predicted octanol–water partition coefficient (Wildman–Crippen LogP) is 2.91. The van der Waals surface area contributed by atoms with Crippen molar-refractivity contribution >= 4 is 16.9 Å². The number of rotatable bonds is 0. The first-order valence-electron chi connectivity index (χ1n) is 5.71. The van der Waals surface area contributed by atoms with E-state index in [-0.39, 0.29) is 0 Å². The van der Waals surface area contributed by atoms with Crippen LogP contribution in [0.15, 0.2) is 22.6 Å². The fourth-order valence-electron chi connectivity index (χ4n) is 2.43. The molecule has 0 fully saturated rings. The van der Waals surface area contributed by atoms with Gasteiger partial charge in [0.05, 0.1) is 0 Å². The lowest BCUT2D eigenvalue weighted by atomic mass is 10.1. The minimum absolute atomic E-state index is 0.308. The number of aromatic hydroxyl groups is 1. The predicted molar refractivity (Wildman–Crippen MR) is 64.1 cm³/mol. The number of furan rings is 1. The highest BCUT2D eigenvalue weighted by Gasteiger charge is 2.20. The lowest BCUT2D eigenvalue weighted by Crippen LogP contribution is -2.16. The quantitative estimate of drug-likeness (QED) is 0.737. The molecule has 0 saturated carbocycles. The first kappa shape index (κ1) is 9.58. The van der Waals surface area contributed by atoms with Crippen molar-refractivity contribution in [2.75, 3.05) is 18.5 Å². The molecule has 2 aromatic rings. The lowest BCUT2D eigenvalue weighted by Gasteiger charge is -2.13. The molecule has 0 bridgehead atoms. The number of phenols is 1. The van der Waals surface area contributed by atoms with Crippen molar-refractivity contribution in [3.63, 3.8) is 0 Å². The van der Waals surface area contributed by atoms with Crippen molar-refractivity contribution in [2.45, 2.75) is 19.3 Å². The molecule has 0 saturated heterocycles. The monoisotopic (exact) mass is 217 g/mol. The molecule has 1 aliphatic heterocycles. The van der Waals surface area contributed by atoms with Crippen LogP contribution in [0.4, 0.5) is 5.88 Å². The normalized spacial score (nSPS) is 16.2. The molecule has 3 heteroatoms. The summed E-state index contributed by atoms with van der Waals surface area (Å²) in [7, 11) is 2.06. The maximum absolute atomic E-state index is 9.53. The van der Waals surface area contributed by atoms with Crippen LogP contribution in [0.1, 0.15) is 18.4 Å². The number of nitrogens with zero attached hydrogens (tertiary/aromatic N) is 1. The molecular formula is C13H15NO2. The third-order valence-corrected chi connectivity index (χ3v) is 3.27. The molecule has 1 aromatic heterocycles. The van der Waals surface area contributed by atoms with Crippen LogP contribution in [-0.2, 0) is 6.42 Å². The van der Waals surface area contributed by atoms with E-state index in [0.29, 0.717) is 5.75 Å². The van der Waals surface area contributed by atoms with Gasteiger partial charge in [0.1, 0.15) is 11.3 Å². The molecule has 0 atom stereocenters. The maximum atomic E-state index is 9.53. The summed E-state index contributed by atoms with van der Waals surface area (Å²) in [6.45, 7) is 1.04. The molecule has 1 aliphatic rings. The van der Waals surface area contributed by atoms with E-state index in [1.54, 1.807) is 12.1 Å². The van der Waals surface area contributed by atoms with E-state index in [1.807, 2.05) is 6.07 Å². The van der Waals surface area contributed by atoms with Gasteiger partial charge in [0.2, 0.25) is 0 Å². The molecule has 84 valence electrons. The van der Waals surface area contributed by atoms with E-state index >= 15 is 0 Å². The zero-order valence-electron chi connectivity index (χ0n) is 9.36. The summed E-state index contributed by atoms with van der Waals surface area (Å²) in [5, 5.41) is 10.6. The van der Waals surface area contributed by atoms with E-state index in [1.165, 1.54) is 18.4 Å². The number of hydrogen-bond donors (Lipinski definition) is 1. The van der Waals surface area contributed by atoms with Crippen LogP contribution in [0, 0.1) is 0 Å². The molecule has 0 radical (unpaired) electrons. The Balaban J connectivity index is 2.26. The molecule has 1 N–H and O–H groups in total. The second-order valence-corrected chi connectivity index (χ2v) is 4.44. The molecule has 0 spiro atoms. The van der Waals surface area contributed by atoms with Gasteiger partial charge >= 0.3 is 0 Å². The zero-order valence-corrected chi connectivity index (χ0v) is 9.36. The Labute approximate surface area is 94.3 Å². The maximum Gasteiger partial charge on any atom is 0.199 e. The van der Waals surface area contributed by atoms with E-state index in [2.05, 4.69) is 11.9 Å². The highest BCUT2D eigenvalue weighted by atomic mass is 16.4. The summed E-state index contributed by atoms with van der Waals surface area (Å²) in [6, 6.07) is 5.31. The number of benzene rings is 1. The van der Waals surface area contributed by atoms with Gasteiger partial charge in [-0.25, -0.2) is 0 Å². The molecule has 0 aliphatic carbocycles. The van der Waals surface area contributed by atoms with Crippen molar-refractivity contribution in [3.8, 4) is 5.75 Å². The number of phenolic OH excluding ortho intramolecular Hbond substituents is 1. The minimum atomic E-state index is 0.308. The second-order valence-electron chi connectivity index (χ2n) is 4.44. The van der Waals surface area contributed by atoms with Gasteiger partial charge in [-0.2, -0.15) is 0 Å². The van der Waals surface area contributed by atoms with E-state index in [4.69, 9.17) is 4.42 Å². The number of hydrogen-bond acceptors (Lipinski definition) is 3. The van der Waals surface area contributed by atoms with Gasteiger partial charge in [0.25, 0.3) is 0 Å². The summed E-state index contributed by atoms with van der Waals surface area (Å²) in [5.41, 5.74) is 2.11. The Bertz CT molecular complexity index is 530. The smallest absolute Gasteiger partial charge is 0.199 e. The molecule has 3 nitrogen and oxygen atoms in total. The van der Waals surface area contributed by atoms with Crippen LogP contribution in [0.3, 0.4) is 0 Å². The van der Waals surface area contributed by atoms with Crippen LogP contribution in [0.25, 0.3) is 11.0 Å². The van der Waals surface area contributed by atoms with Gasteiger partial charge in [-0.3, -0.25) is 0 Å². The van der Waals surface area contributed by atoms with Crippen molar-refractivity contribution in [1.29, 1.82) is 0 Å². The van der Waals surface area contributed by atoms with Crippen LogP contribution in [0.2, 0.25) is 0 Å². The topological polar surface area (TPSA) is 36.6 Å². The largest absolute Gasteiger partial charge is 0.508 e. The highest BCUT2D eigenvalue weighted by molar-refractivity contribution is 5.87. The van der Waals surface area contributed by atoms with E-state index in [9.17, 15) is 5.11 Å². The van der Waals surface area contributed by atoms with Gasteiger partial charge in [-0.1, -0.05) is 0 Å². The number of fused-ring (bicyclic) bond motifs is 3. The number of aryl methyl sites for hydroxylation is 1. The zero-order chi connectivity index (χ0) is 11.1. The molecule has 3 rings (SSSR count). The summed E-state index contributed by atoms with van der Waals surface area (Å²) < 4.78 is 5.85. The molecule has 16 heavy (non-hydrogen) atoms. The molecule has 0 unspecified atom stereocenters. The lowest BCUT2D eigenvalue weighted by molar-refractivity contribution is 0.476. The minimum Gasteiger partial charge on any atom is -0.508 e. The van der Waals surface area contributed by atoms with Crippen LogP contribution in [-0.4, -0.2) is 18.7 Å². The molecule has 2 heterocycles. The summed E-state index contributed by atoms with van der Waals surface area (Å²) in [6.07, 6.45) is 3.42. The highest BCUT2D eigenvalue weighted by Crippen LogP contribution is 2.36. The Morgan fingerprint density at radius 2 is 2.19 bits per heavy atom. The van der Waals surface area contributed by atoms with Gasteiger partial charge in [0.15, 0.2) is 5.88 Å². The molecule has 0 amide bonds. The molecular weight excluding hydrogens is 202 g/mol. The van der Waals surface area contributed by atoms with Crippen LogP contribution >= 0.6 is 0 Å². The Morgan fingerprint density at radius 3 is 3.06 bits per heavy atom. The first-order chi connectivity index (χ1) is 7.75. The van der Waals surface area contributed by atoms with Crippen molar-refractivity contribution in [3.05, 3.63) is 23.8 Å². The third kappa shape index (κ3) is 1.35.